The number of hydrogen-bond acceptors (Lipinski definition) is 5. The van der Waals surface area contributed by atoms with E-state index in [1.54, 1.807) is 18.3 Å². The highest BCUT2D eigenvalue weighted by atomic mass is 15.1. The molecule has 0 saturated heterocycles. The van der Waals surface area contributed by atoms with Crippen molar-refractivity contribution in [2.75, 3.05) is 10.6 Å². The lowest BCUT2D eigenvalue weighted by atomic mass is 10.1. The summed E-state index contributed by atoms with van der Waals surface area (Å²) in [6.45, 7) is 2.08. The molecule has 0 aliphatic carbocycles. The summed E-state index contributed by atoms with van der Waals surface area (Å²) >= 11 is 0. The van der Waals surface area contributed by atoms with Gasteiger partial charge in [0.15, 0.2) is 0 Å². The molecule has 0 saturated carbocycles. The Hall–Kier alpha value is -3.39. The molecule has 1 aromatic heterocycles. The molecule has 5 nitrogen and oxygen atoms in total. The first-order valence-electron chi connectivity index (χ1n) is 7.66. The average Bonchev–Trinajstić information content (AvgIpc) is 2.63. The minimum Gasteiger partial charge on any atom is -0.363 e. The van der Waals surface area contributed by atoms with Crippen LogP contribution in [-0.4, -0.2) is 9.97 Å². The van der Waals surface area contributed by atoms with Crippen LogP contribution in [0.5, 0.6) is 0 Å². The number of nitrogens with one attached hydrogen (secondary N) is 2. The number of nitrogens with zero attached hydrogens (tertiary/aromatic N) is 3. The van der Waals surface area contributed by atoms with Crippen molar-refractivity contribution in [3.05, 3.63) is 78.0 Å². The highest BCUT2D eigenvalue weighted by Crippen LogP contribution is 2.19. The monoisotopic (exact) mass is 315 g/mol. The molecule has 118 valence electrons. The van der Waals surface area contributed by atoms with E-state index in [9.17, 15) is 0 Å². The van der Waals surface area contributed by atoms with Gasteiger partial charge in [0.05, 0.1) is 11.6 Å². The summed E-state index contributed by atoms with van der Waals surface area (Å²) in [5, 5.41) is 15.4. The predicted molar refractivity (Wildman–Crippen MR) is 95.0 cm³/mol. The fraction of sp³-hybridized carbons (Fsp3) is 0.105. The van der Waals surface area contributed by atoms with Crippen LogP contribution in [0.1, 0.15) is 24.1 Å². The van der Waals surface area contributed by atoms with Crippen LogP contribution >= 0.6 is 0 Å². The van der Waals surface area contributed by atoms with Crippen molar-refractivity contribution in [1.29, 1.82) is 5.26 Å². The lowest BCUT2D eigenvalue weighted by Gasteiger charge is -2.15. The van der Waals surface area contributed by atoms with Gasteiger partial charge in [0, 0.05) is 17.9 Å². The summed E-state index contributed by atoms with van der Waals surface area (Å²) < 4.78 is 0. The Bertz CT molecular complexity index is 855. The average molecular weight is 315 g/mol. The second-order valence-corrected chi connectivity index (χ2v) is 5.36. The molecular formula is C19H17N5. The smallest absolute Gasteiger partial charge is 0.229 e. The highest BCUT2D eigenvalue weighted by Gasteiger charge is 2.06. The second-order valence-electron chi connectivity index (χ2n) is 5.36. The first-order valence-corrected chi connectivity index (χ1v) is 7.66. The molecule has 3 rings (SSSR count). The normalized spacial score (nSPS) is 11.3. The third kappa shape index (κ3) is 3.87. The van der Waals surface area contributed by atoms with Gasteiger partial charge in [0.1, 0.15) is 5.82 Å². The Morgan fingerprint density at radius 1 is 1.04 bits per heavy atom. The van der Waals surface area contributed by atoms with Crippen molar-refractivity contribution in [3.8, 4) is 6.07 Å². The Morgan fingerprint density at radius 3 is 2.67 bits per heavy atom. The third-order valence-electron chi connectivity index (χ3n) is 3.57. The number of aromatic nitrogens is 2. The molecule has 0 bridgehead atoms. The van der Waals surface area contributed by atoms with Gasteiger partial charge in [-0.2, -0.15) is 10.2 Å². The van der Waals surface area contributed by atoms with Crippen LogP contribution < -0.4 is 10.6 Å². The van der Waals surface area contributed by atoms with Gasteiger partial charge in [0.25, 0.3) is 0 Å². The zero-order valence-electron chi connectivity index (χ0n) is 13.3. The zero-order valence-corrected chi connectivity index (χ0v) is 13.3. The summed E-state index contributed by atoms with van der Waals surface area (Å²) in [6.07, 6.45) is 1.70. The first-order chi connectivity index (χ1) is 11.7. The van der Waals surface area contributed by atoms with Crippen LogP contribution in [0.25, 0.3) is 0 Å². The van der Waals surface area contributed by atoms with Crippen molar-refractivity contribution in [1.82, 2.24) is 9.97 Å². The van der Waals surface area contributed by atoms with Crippen molar-refractivity contribution in [3.63, 3.8) is 0 Å². The van der Waals surface area contributed by atoms with Gasteiger partial charge in [-0.05, 0) is 36.8 Å². The maximum absolute atomic E-state index is 8.96. The van der Waals surface area contributed by atoms with E-state index < -0.39 is 0 Å². The molecule has 24 heavy (non-hydrogen) atoms. The zero-order chi connectivity index (χ0) is 16.8. The lowest BCUT2D eigenvalue weighted by Crippen LogP contribution is -2.09. The molecule has 1 atom stereocenters. The Balaban J connectivity index is 1.73. The van der Waals surface area contributed by atoms with Crippen LogP contribution in [0.2, 0.25) is 0 Å². The Morgan fingerprint density at radius 2 is 1.88 bits per heavy atom. The van der Waals surface area contributed by atoms with E-state index in [0.717, 1.165) is 11.5 Å². The van der Waals surface area contributed by atoms with Crippen molar-refractivity contribution >= 4 is 17.5 Å². The van der Waals surface area contributed by atoms with Gasteiger partial charge in [0.2, 0.25) is 5.95 Å². The molecule has 2 aromatic carbocycles. The SMILES string of the molecule is CC(Nc1ccnc(Nc2cccc(C#N)c2)n1)c1ccccc1. The fourth-order valence-corrected chi connectivity index (χ4v) is 2.34. The maximum Gasteiger partial charge on any atom is 0.229 e. The summed E-state index contributed by atoms with van der Waals surface area (Å²) in [7, 11) is 0. The topological polar surface area (TPSA) is 73.6 Å². The molecule has 2 N–H and O–H groups in total. The van der Waals surface area contributed by atoms with Gasteiger partial charge < -0.3 is 10.6 Å². The summed E-state index contributed by atoms with van der Waals surface area (Å²) in [5.41, 5.74) is 2.56. The maximum atomic E-state index is 8.96. The molecule has 3 aromatic rings. The van der Waals surface area contributed by atoms with Crippen LogP contribution in [-0.2, 0) is 0 Å². The molecule has 5 heteroatoms. The molecular weight excluding hydrogens is 298 g/mol. The molecule has 0 aliphatic rings. The Kier molecular flexibility index (Phi) is 4.68. The number of nitriles is 1. The molecule has 0 aliphatic heterocycles. The minimum absolute atomic E-state index is 0.135. The number of hydrogen-bond donors (Lipinski definition) is 2. The van der Waals surface area contributed by atoms with E-state index in [1.807, 2.05) is 36.4 Å². The van der Waals surface area contributed by atoms with E-state index in [2.05, 4.69) is 45.7 Å². The molecule has 0 radical (unpaired) electrons. The van der Waals surface area contributed by atoms with Crippen molar-refractivity contribution in [2.24, 2.45) is 0 Å². The Labute approximate surface area is 141 Å². The van der Waals surface area contributed by atoms with Gasteiger partial charge in [-0.3, -0.25) is 0 Å². The molecule has 0 spiro atoms. The van der Waals surface area contributed by atoms with E-state index in [-0.39, 0.29) is 6.04 Å². The van der Waals surface area contributed by atoms with Crippen LogP contribution in [0, 0.1) is 11.3 Å². The van der Waals surface area contributed by atoms with Crippen LogP contribution in [0.15, 0.2) is 66.9 Å². The lowest BCUT2D eigenvalue weighted by molar-refractivity contribution is 0.873. The van der Waals surface area contributed by atoms with E-state index >= 15 is 0 Å². The van der Waals surface area contributed by atoms with Crippen molar-refractivity contribution < 1.29 is 0 Å². The van der Waals surface area contributed by atoms with Gasteiger partial charge in [-0.15, -0.1) is 0 Å². The van der Waals surface area contributed by atoms with Crippen LogP contribution in [0.4, 0.5) is 17.5 Å². The summed E-state index contributed by atoms with van der Waals surface area (Å²) in [5.74, 6) is 1.22. The second kappa shape index (κ2) is 7.25. The third-order valence-corrected chi connectivity index (χ3v) is 3.57. The molecule has 1 unspecified atom stereocenters. The van der Waals surface area contributed by atoms with E-state index in [0.29, 0.717) is 11.5 Å². The highest BCUT2D eigenvalue weighted by molar-refractivity contribution is 5.57. The van der Waals surface area contributed by atoms with E-state index in [1.165, 1.54) is 5.56 Å². The quantitative estimate of drug-likeness (QED) is 0.735. The molecule has 0 amide bonds. The molecule has 0 fully saturated rings. The van der Waals surface area contributed by atoms with Gasteiger partial charge >= 0.3 is 0 Å². The number of benzene rings is 2. The van der Waals surface area contributed by atoms with E-state index in [4.69, 9.17) is 5.26 Å². The predicted octanol–water partition coefficient (Wildman–Crippen LogP) is 4.26. The van der Waals surface area contributed by atoms with Gasteiger partial charge in [-0.25, -0.2) is 4.98 Å². The number of anilines is 3. The van der Waals surface area contributed by atoms with Crippen molar-refractivity contribution in [2.45, 2.75) is 13.0 Å². The van der Waals surface area contributed by atoms with Gasteiger partial charge in [-0.1, -0.05) is 36.4 Å². The summed E-state index contributed by atoms with van der Waals surface area (Å²) in [4.78, 5) is 8.70. The standard InChI is InChI=1S/C19H17N5/c1-14(16-7-3-2-4-8-16)22-18-10-11-21-19(24-18)23-17-9-5-6-15(12-17)13-20/h2-12,14H,1H3,(H2,21,22,23,24). The van der Waals surface area contributed by atoms with Crippen LogP contribution in [0.3, 0.4) is 0 Å². The number of rotatable bonds is 5. The largest absolute Gasteiger partial charge is 0.363 e. The first kappa shape index (κ1) is 15.5. The fourth-order valence-electron chi connectivity index (χ4n) is 2.34. The summed E-state index contributed by atoms with van der Waals surface area (Å²) in [6, 6.07) is 21.5. The minimum atomic E-state index is 0.135. The molecule has 1 heterocycles.